The first kappa shape index (κ1) is 10.5. The van der Waals surface area contributed by atoms with Gasteiger partial charge in [-0.25, -0.2) is 4.39 Å². The topological polar surface area (TPSA) is 3.24 Å². The first-order valence-electron chi connectivity index (χ1n) is 4.18. The van der Waals surface area contributed by atoms with Crippen molar-refractivity contribution in [2.45, 2.75) is 6.42 Å². The van der Waals surface area contributed by atoms with Crippen LogP contribution in [0.5, 0.6) is 0 Å². The summed E-state index contributed by atoms with van der Waals surface area (Å²) in [7, 11) is 3.93. The van der Waals surface area contributed by atoms with Crippen LogP contribution in [0.25, 0.3) is 0 Å². The molecule has 0 saturated carbocycles. The van der Waals surface area contributed by atoms with Crippen LogP contribution in [0.2, 0.25) is 5.02 Å². The number of benzene rings is 1. The highest BCUT2D eigenvalue weighted by Crippen LogP contribution is 2.14. The van der Waals surface area contributed by atoms with Gasteiger partial charge in [0.25, 0.3) is 0 Å². The van der Waals surface area contributed by atoms with Crippen molar-refractivity contribution in [3.05, 3.63) is 34.6 Å². The minimum Gasteiger partial charge on any atom is -0.309 e. The van der Waals surface area contributed by atoms with E-state index >= 15 is 0 Å². The summed E-state index contributed by atoms with van der Waals surface area (Å²) < 4.78 is 13.2. The van der Waals surface area contributed by atoms with Gasteiger partial charge in [-0.3, -0.25) is 0 Å². The maximum Gasteiger partial charge on any atom is 0.127 e. The zero-order valence-electron chi connectivity index (χ0n) is 7.85. The lowest BCUT2D eigenvalue weighted by atomic mass is 10.1. The third-order valence-electron chi connectivity index (χ3n) is 1.84. The standard InChI is InChI=1S/C10H13ClFN/c1-13(2)6-5-8-3-4-9(11)7-10(8)12/h3-4,7H,5-6H2,1-2H3. The van der Waals surface area contributed by atoms with Crippen LogP contribution in [0.4, 0.5) is 4.39 Å². The molecule has 0 saturated heterocycles. The second-order valence-corrected chi connectivity index (χ2v) is 3.73. The first-order chi connectivity index (χ1) is 6.09. The van der Waals surface area contributed by atoms with Gasteiger partial charge in [-0.1, -0.05) is 17.7 Å². The van der Waals surface area contributed by atoms with Crippen LogP contribution in [-0.2, 0) is 6.42 Å². The highest BCUT2D eigenvalue weighted by Gasteiger charge is 2.02. The van der Waals surface area contributed by atoms with E-state index in [4.69, 9.17) is 11.6 Å². The van der Waals surface area contributed by atoms with Crippen molar-refractivity contribution in [3.8, 4) is 0 Å². The van der Waals surface area contributed by atoms with Crippen LogP contribution in [0.15, 0.2) is 18.2 Å². The highest BCUT2D eigenvalue weighted by molar-refractivity contribution is 6.30. The number of nitrogens with zero attached hydrogens (tertiary/aromatic N) is 1. The Bertz CT molecular complexity index is 286. The normalized spacial score (nSPS) is 10.8. The minimum atomic E-state index is -0.214. The van der Waals surface area contributed by atoms with Crippen LogP contribution in [0.3, 0.4) is 0 Å². The van der Waals surface area contributed by atoms with E-state index in [0.717, 1.165) is 18.5 Å². The van der Waals surface area contributed by atoms with Gasteiger partial charge in [0.1, 0.15) is 5.82 Å². The van der Waals surface area contributed by atoms with E-state index in [1.54, 1.807) is 12.1 Å². The Morgan fingerprint density at radius 2 is 2.08 bits per heavy atom. The van der Waals surface area contributed by atoms with E-state index in [1.165, 1.54) is 6.07 Å². The number of rotatable bonds is 3. The average molecular weight is 202 g/mol. The van der Waals surface area contributed by atoms with Crippen molar-refractivity contribution in [2.24, 2.45) is 0 Å². The number of hydrogen-bond acceptors (Lipinski definition) is 1. The van der Waals surface area contributed by atoms with Crippen molar-refractivity contribution in [3.63, 3.8) is 0 Å². The van der Waals surface area contributed by atoms with E-state index in [0.29, 0.717) is 5.02 Å². The molecule has 1 aromatic rings. The summed E-state index contributed by atoms with van der Waals surface area (Å²) in [6.45, 7) is 0.846. The van der Waals surface area contributed by atoms with Crippen LogP contribution in [0.1, 0.15) is 5.56 Å². The van der Waals surface area contributed by atoms with E-state index < -0.39 is 0 Å². The Hall–Kier alpha value is -0.600. The predicted molar refractivity (Wildman–Crippen MR) is 53.7 cm³/mol. The quantitative estimate of drug-likeness (QED) is 0.727. The first-order valence-corrected chi connectivity index (χ1v) is 4.56. The summed E-state index contributed by atoms with van der Waals surface area (Å²) >= 11 is 5.63. The number of halogens is 2. The van der Waals surface area contributed by atoms with Gasteiger partial charge in [0.15, 0.2) is 0 Å². The Labute approximate surface area is 83.1 Å². The van der Waals surface area contributed by atoms with Gasteiger partial charge in [0, 0.05) is 11.6 Å². The predicted octanol–water partition coefficient (Wildman–Crippen LogP) is 2.58. The molecule has 0 fully saturated rings. The molecule has 3 heteroatoms. The second-order valence-electron chi connectivity index (χ2n) is 3.29. The smallest absolute Gasteiger partial charge is 0.127 e. The van der Waals surface area contributed by atoms with Crippen molar-refractivity contribution in [1.29, 1.82) is 0 Å². The Kier molecular flexibility index (Phi) is 3.70. The second kappa shape index (κ2) is 4.58. The van der Waals surface area contributed by atoms with Gasteiger partial charge in [-0.05, 0) is 38.2 Å². The molecule has 1 aromatic carbocycles. The molecule has 0 unspecified atom stereocenters. The van der Waals surface area contributed by atoms with Gasteiger partial charge in [-0.2, -0.15) is 0 Å². The molecule has 1 rings (SSSR count). The molecule has 1 nitrogen and oxygen atoms in total. The number of hydrogen-bond donors (Lipinski definition) is 0. The molecule has 0 spiro atoms. The van der Waals surface area contributed by atoms with E-state index in [9.17, 15) is 4.39 Å². The third-order valence-corrected chi connectivity index (χ3v) is 2.08. The molecule has 72 valence electrons. The fourth-order valence-corrected chi connectivity index (χ4v) is 1.23. The maximum absolute atomic E-state index is 13.2. The molecule has 0 radical (unpaired) electrons. The van der Waals surface area contributed by atoms with Crippen molar-refractivity contribution in [1.82, 2.24) is 4.90 Å². The van der Waals surface area contributed by atoms with E-state index in [-0.39, 0.29) is 5.82 Å². The van der Waals surface area contributed by atoms with Crippen LogP contribution < -0.4 is 0 Å². The van der Waals surface area contributed by atoms with Crippen molar-refractivity contribution in [2.75, 3.05) is 20.6 Å². The lowest BCUT2D eigenvalue weighted by molar-refractivity contribution is 0.410. The summed E-state index contributed by atoms with van der Waals surface area (Å²) in [6, 6.07) is 4.81. The van der Waals surface area contributed by atoms with Gasteiger partial charge in [-0.15, -0.1) is 0 Å². The number of likely N-dealkylation sites (N-methyl/N-ethyl adjacent to an activating group) is 1. The lowest BCUT2D eigenvalue weighted by Gasteiger charge is -2.09. The summed E-state index contributed by atoms with van der Waals surface area (Å²) in [5.41, 5.74) is 0.720. The fraction of sp³-hybridized carbons (Fsp3) is 0.400. The lowest BCUT2D eigenvalue weighted by Crippen LogP contribution is -2.15. The monoisotopic (exact) mass is 201 g/mol. The molecule has 0 bridgehead atoms. The molecule has 0 heterocycles. The van der Waals surface area contributed by atoms with Gasteiger partial charge in [0.05, 0.1) is 0 Å². The van der Waals surface area contributed by atoms with E-state index in [1.807, 2.05) is 19.0 Å². The summed E-state index contributed by atoms with van der Waals surface area (Å²) in [5, 5.41) is 0.450. The minimum absolute atomic E-state index is 0.214. The van der Waals surface area contributed by atoms with E-state index in [2.05, 4.69) is 0 Å². The molecule has 0 amide bonds. The Morgan fingerprint density at radius 1 is 1.38 bits per heavy atom. The van der Waals surface area contributed by atoms with Crippen LogP contribution in [0, 0.1) is 5.82 Å². The Balaban J connectivity index is 2.67. The van der Waals surface area contributed by atoms with Crippen LogP contribution in [-0.4, -0.2) is 25.5 Å². The molecular weight excluding hydrogens is 189 g/mol. The average Bonchev–Trinajstić information content (AvgIpc) is 2.02. The summed E-state index contributed by atoms with van der Waals surface area (Å²) in [5.74, 6) is -0.214. The summed E-state index contributed by atoms with van der Waals surface area (Å²) in [4.78, 5) is 2.02. The third kappa shape index (κ3) is 3.33. The van der Waals surface area contributed by atoms with Gasteiger partial charge >= 0.3 is 0 Å². The van der Waals surface area contributed by atoms with Gasteiger partial charge < -0.3 is 4.90 Å². The molecule has 0 aliphatic rings. The largest absolute Gasteiger partial charge is 0.309 e. The fourth-order valence-electron chi connectivity index (χ4n) is 1.07. The summed E-state index contributed by atoms with van der Waals surface area (Å²) in [6.07, 6.45) is 0.718. The highest BCUT2D eigenvalue weighted by atomic mass is 35.5. The van der Waals surface area contributed by atoms with Crippen molar-refractivity contribution >= 4 is 11.6 Å². The molecule has 0 N–H and O–H groups in total. The molecule has 0 aromatic heterocycles. The molecule has 0 atom stereocenters. The Morgan fingerprint density at radius 3 is 2.62 bits per heavy atom. The molecular formula is C10H13ClFN. The van der Waals surface area contributed by atoms with Gasteiger partial charge in [0.2, 0.25) is 0 Å². The molecule has 13 heavy (non-hydrogen) atoms. The zero-order valence-corrected chi connectivity index (χ0v) is 8.61. The van der Waals surface area contributed by atoms with Crippen molar-refractivity contribution < 1.29 is 4.39 Å². The zero-order chi connectivity index (χ0) is 9.84. The molecule has 0 aliphatic heterocycles. The maximum atomic E-state index is 13.2. The van der Waals surface area contributed by atoms with Crippen LogP contribution >= 0.6 is 11.6 Å². The SMILES string of the molecule is CN(C)CCc1ccc(Cl)cc1F. The molecule has 0 aliphatic carbocycles.